The SMILES string of the molecule is CNC(=O)Nc1ccc(NC(=O)[C@H](NC(=O)c2ccccc2F)C(C)C)cc1. The molecule has 0 saturated carbocycles. The van der Waals surface area contributed by atoms with Crippen molar-refractivity contribution >= 4 is 29.2 Å². The molecule has 0 radical (unpaired) electrons. The predicted molar refractivity (Wildman–Crippen MR) is 106 cm³/mol. The van der Waals surface area contributed by atoms with Crippen LogP contribution in [0.4, 0.5) is 20.6 Å². The number of nitrogens with one attached hydrogen (secondary N) is 4. The number of hydrogen-bond acceptors (Lipinski definition) is 3. The molecule has 4 amide bonds. The van der Waals surface area contributed by atoms with Gasteiger partial charge in [0.05, 0.1) is 5.56 Å². The molecule has 8 heteroatoms. The molecule has 0 aliphatic carbocycles. The van der Waals surface area contributed by atoms with Crippen molar-refractivity contribution in [3.8, 4) is 0 Å². The molecule has 28 heavy (non-hydrogen) atoms. The lowest BCUT2D eigenvalue weighted by atomic mass is 10.0. The molecule has 0 saturated heterocycles. The molecule has 0 bridgehead atoms. The average molecular weight is 386 g/mol. The van der Waals surface area contributed by atoms with Crippen LogP contribution in [0.3, 0.4) is 0 Å². The fourth-order valence-corrected chi connectivity index (χ4v) is 2.45. The summed E-state index contributed by atoms with van der Waals surface area (Å²) in [5.74, 6) is -1.95. The van der Waals surface area contributed by atoms with E-state index in [2.05, 4.69) is 21.3 Å². The Morgan fingerprint density at radius 2 is 1.46 bits per heavy atom. The van der Waals surface area contributed by atoms with Crippen molar-refractivity contribution in [3.63, 3.8) is 0 Å². The Hall–Kier alpha value is -3.42. The summed E-state index contributed by atoms with van der Waals surface area (Å²) >= 11 is 0. The van der Waals surface area contributed by atoms with E-state index in [1.54, 1.807) is 44.2 Å². The van der Waals surface area contributed by atoms with Crippen molar-refractivity contribution < 1.29 is 18.8 Å². The first kappa shape index (κ1) is 20.9. The van der Waals surface area contributed by atoms with Crippen molar-refractivity contribution in [2.45, 2.75) is 19.9 Å². The average Bonchev–Trinajstić information content (AvgIpc) is 2.67. The molecule has 0 aliphatic heterocycles. The zero-order valence-electron chi connectivity index (χ0n) is 15.9. The number of urea groups is 1. The van der Waals surface area contributed by atoms with Crippen molar-refractivity contribution in [2.75, 3.05) is 17.7 Å². The van der Waals surface area contributed by atoms with Gasteiger partial charge in [0, 0.05) is 18.4 Å². The minimum atomic E-state index is -0.851. The van der Waals surface area contributed by atoms with E-state index in [9.17, 15) is 18.8 Å². The Kier molecular flexibility index (Phi) is 7.08. The number of anilines is 2. The zero-order chi connectivity index (χ0) is 20.7. The third-order valence-corrected chi connectivity index (χ3v) is 3.99. The molecule has 7 nitrogen and oxygen atoms in total. The monoisotopic (exact) mass is 386 g/mol. The third-order valence-electron chi connectivity index (χ3n) is 3.99. The zero-order valence-corrected chi connectivity index (χ0v) is 15.9. The molecule has 0 heterocycles. The standard InChI is InChI=1S/C20H23FN4O3/c1-12(2)17(25-18(26)15-6-4-5-7-16(15)21)19(27)23-13-8-10-14(11-9-13)24-20(28)22-3/h4-12,17H,1-3H3,(H,23,27)(H,25,26)(H2,22,24,28)/t17-/m1/s1. The number of amides is 4. The maximum absolute atomic E-state index is 13.8. The second kappa shape index (κ2) is 9.50. The highest BCUT2D eigenvalue weighted by Crippen LogP contribution is 2.15. The highest BCUT2D eigenvalue weighted by molar-refractivity contribution is 6.01. The van der Waals surface area contributed by atoms with Crippen LogP contribution in [0.5, 0.6) is 0 Å². The molecule has 0 spiro atoms. The largest absolute Gasteiger partial charge is 0.341 e. The summed E-state index contributed by atoms with van der Waals surface area (Å²) < 4.78 is 13.8. The van der Waals surface area contributed by atoms with Crippen LogP contribution in [0.25, 0.3) is 0 Å². The Bertz CT molecular complexity index is 853. The van der Waals surface area contributed by atoms with Crippen molar-refractivity contribution in [1.82, 2.24) is 10.6 Å². The summed E-state index contributed by atoms with van der Waals surface area (Å²) in [5.41, 5.74) is 0.939. The highest BCUT2D eigenvalue weighted by atomic mass is 19.1. The van der Waals surface area contributed by atoms with Gasteiger partial charge in [-0.3, -0.25) is 9.59 Å². The second-order valence-electron chi connectivity index (χ2n) is 6.45. The lowest BCUT2D eigenvalue weighted by molar-refractivity contribution is -0.118. The number of carbonyl (C=O) groups excluding carboxylic acids is 3. The summed E-state index contributed by atoms with van der Waals surface area (Å²) in [6, 6.07) is 10.9. The fourth-order valence-electron chi connectivity index (χ4n) is 2.45. The first-order valence-electron chi connectivity index (χ1n) is 8.77. The van der Waals surface area contributed by atoms with E-state index in [0.29, 0.717) is 11.4 Å². The van der Waals surface area contributed by atoms with E-state index in [-0.39, 0.29) is 17.5 Å². The molecule has 0 aliphatic rings. The smallest absolute Gasteiger partial charge is 0.318 e. The van der Waals surface area contributed by atoms with Gasteiger partial charge in [-0.15, -0.1) is 0 Å². The molecule has 2 rings (SSSR count). The van der Waals surface area contributed by atoms with Gasteiger partial charge in [-0.2, -0.15) is 0 Å². The maximum atomic E-state index is 13.8. The first-order chi connectivity index (χ1) is 13.3. The molecule has 2 aromatic rings. The number of halogens is 1. The Labute approximate surface area is 162 Å². The van der Waals surface area contributed by atoms with E-state index >= 15 is 0 Å². The molecule has 148 valence electrons. The Balaban J connectivity index is 2.05. The van der Waals surface area contributed by atoms with Crippen LogP contribution in [-0.2, 0) is 4.79 Å². The van der Waals surface area contributed by atoms with Crippen LogP contribution in [0.15, 0.2) is 48.5 Å². The number of hydrogen-bond donors (Lipinski definition) is 4. The summed E-state index contributed by atoms with van der Waals surface area (Å²) in [6.07, 6.45) is 0. The van der Waals surface area contributed by atoms with Gasteiger partial charge in [0.2, 0.25) is 5.91 Å². The number of carbonyl (C=O) groups is 3. The lowest BCUT2D eigenvalue weighted by Crippen LogP contribution is -2.47. The van der Waals surface area contributed by atoms with Gasteiger partial charge in [0.1, 0.15) is 11.9 Å². The van der Waals surface area contributed by atoms with Gasteiger partial charge in [-0.25, -0.2) is 9.18 Å². The first-order valence-corrected chi connectivity index (χ1v) is 8.77. The van der Waals surface area contributed by atoms with E-state index in [1.165, 1.54) is 25.2 Å². The maximum Gasteiger partial charge on any atom is 0.318 e. The van der Waals surface area contributed by atoms with E-state index in [4.69, 9.17) is 0 Å². The van der Waals surface area contributed by atoms with E-state index < -0.39 is 23.7 Å². The number of benzene rings is 2. The molecule has 1 atom stereocenters. The molecular formula is C20H23FN4O3. The van der Waals surface area contributed by atoms with Gasteiger partial charge in [-0.1, -0.05) is 26.0 Å². The normalized spacial score (nSPS) is 11.5. The fraction of sp³-hybridized carbons (Fsp3) is 0.250. The van der Waals surface area contributed by atoms with Crippen LogP contribution in [0.1, 0.15) is 24.2 Å². The molecule has 2 aromatic carbocycles. The second-order valence-corrected chi connectivity index (χ2v) is 6.45. The van der Waals surface area contributed by atoms with Crippen molar-refractivity contribution in [3.05, 3.63) is 59.9 Å². The van der Waals surface area contributed by atoms with Gasteiger partial charge in [-0.05, 0) is 42.3 Å². The third kappa shape index (κ3) is 5.54. The summed E-state index contributed by atoms with van der Waals surface area (Å²) in [6.45, 7) is 3.56. The number of rotatable bonds is 6. The molecule has 0 unspecified atom stereocenters. The van der Waals surface area contributed by atoms with Gasteiger partial charge in [0.25, 0.3) is 5.91 Å². The van der Waals surface area contributed by atoms with Crippen LogP contribution < -0.4 is 21.3 Å². The minimum Gasteiger partial charge on any atom is -0.341 e. The molecular weight excluding hydrogens is 363 g/mol. The summed E-state index contributed by atoms with van der Waals surface area (Å²) in [4.78, 5) is 36.2. The summed E-state index contributed by atoms with van der Waals surface area (Å²) in [7, 11) is 1.51. The van der Waals surface area contributed by atoms with Gasteiger partial charge in [0.15, 0.2) is 0 Å². The minimum absolute atomic E-state index is 0.120. The predicted octanol–water partition coefficient (Wildman–Crippen LogP) is 2.97. The van der Waals surface area contributed by atoms with E-state index in [0.717, 1.165) is 0 Å². The van der Waals surface area contributed by atoms with Crippen LogP contribution in [0, 0.1) is 11.7 Å². The molecule has 0 fully saturated rings. The molecule has 4 N–H and O–H groups in total. The van der Waals surface area contributed by atoms with Crippen LogP contribution >= 0.6 is 0 Å². The van der Waals surface area contributed by atoms with Crippen molar-refractivity contribution in [2.24, 2.45) is 5.92 Å². The van der Waals surface area contributed by atoms with Crippen LogP contribution in [-0.4, -0.2) is 30.9 Å². The van der Waals surface area contributed by atoms with Crippen LogP contribution in [0.2, 0.25) is 0 Å². The quantitative estimate of drug-likeness (QED) is 0.614. The summed E-state index contributed by atoms with van der Waals surface area (Å²) in [5, 5.41) is 10.3. The van der Waals surface area contributed by atoms with Gasteiger partial charge >= 0.3 is 6.03 Å². The van der Waals surface area contributed by atoms with Crippen molar-refractivity contribution in [1.29, 1.82) is 0 Å². The van der Waals surface area contributed by atoms with E-state index in [1.807, 2.05) is 0 Å². The Morgan fingerprint density at radius 1 is 0.893 bits per heavy atom. The Morgan fingerprint density at radius 3 is 2.00 bits per heavy atom. The van der Waals surface area contributed by atoms with Gasteiger partial charge < -0.3 is 21.3 Å². The molecule has 0 aromatic heterocycles. The topological polar surface area (TPSA) is 99.3 Å². The highest BCUT2D eigenvalue weighted by Gasteiger charge is 2.25. The lowest BCUT2D eigenvalue weighted by Gasteiger charge is -2.22.